The maximum absolute atomic E-state index is 5.49. The molecule has 3 rings (SSSR count). The molecule has 0 spiro atoms. The molecule has 1 heterocycles. The zero-order valence-electron chi connectivity index (χ0n) is 11.6. The molecule has 2 aromatic rings. The largest absolute Gasteiger partial charge is 0.497 e. The fourth-order valence-electron chi connectivity index (χ4n) is 2.70. The smallest absolute Gasteiger partial charge is 0.139 e. The van der Waals surface area contributed by atoms with Gasteiger partial charge < -0.3 is 9.72 Å². The van der Waals surface area contributed by atoms with Crippen molar-refractivity contribution in [1.29, 1.82) is 0 Å². The minimum absolute atomic E-state index is 0.749. The van der Waals surface area contributed by atoms with Gasteiger partial charge in [-0.25, -0.2) is 4.98 Å². The Morgan fingerprint density at radius 2 is 2.05 bits per heavy atom. The summed E-state index contributed by atoms with van der Waals surface area (Å²) in [7, 11) is 1.67. The minimum atomic E-state index is 0.749. The first kappa shape index (κ1) is 13.3. The van der Waals surface area contributed by atoms with Gasteiger partial charge in [0.15, 0.2) is 0 Å². The van der Waals surface area contributed by atoms with Gasteiger partial charge in [-0.3, -0.25) is 0 Å². The number of ether oxygens (including phenoxy) is 1. The normalized spacial score (nSPS) is 14.4. The van der Waals surface area contributed by atoms with Crippen LogP contribution >= 0.6 is 12.2 Å². The second kappa shape index (κ2) is 5.75. The van der Waals surface area contributed by atoms with Crippen molar-refractivity contribution in [2.45, 2.75) is 32.1 Å². The van der Waals surface area contributed by atoms with E-state index in [0.29, 0.717) is 0 Å². The highest BCUT2D eigenvalue weighted by Crippen LogP contribution is 2.25. The van der Waals surface area contributed by atoms with Crippen molar-refractivity contribution >= 4 is 12.2 Å². The van der Waals surface area contributed by atoms with Crippen LogP contribution in [0.4, 0.5) is 0 Å². The van der Waals surface area contributed by atoms with Crippen LogP contribution in [0.15, 0.2) is 24.3 Å². The molecule has 1 aromatic carbocycles. The highest BCUT2D eigenvalue weighted by molar-refractivity contribution is 7.71. The average Bonchev–Trinajstić information content (AvgIpc) is 2.73. The Labute approximate surface area is 124 Å². The third-order valence-electron chi connectivity index (χ3n) is 3.80. The van der Waals surface area contributed by atoms with Gasteiger partial charge in [0.1, 0.15) is 16.2 Å². The number of nitrogens with zero attached hydrogens (tertiary/aromatic N) is 1. The van der Waals surface area contributed by atoms with Crippen molar-refractivity contribution in [1.82, 2.24) is 9.97 Å². The third kappa shape index (κ3) is 2.61. The van der Waals surface area contributed by atoms with Gasteiger partial charge in [0.25, 0.3) is 0 Å². The van der Waals surface area contributed by atoms with Crippen molar-refractivity contribution in [3.8, 4) is 17.1 Å². The van der Waals surface area contributed by atoms with Crippen LogP contribution in [0.2, 0.25) is 0 Å². The molecule has 0 saturated heterocycles. The molecule has 0 atom stereocenters. The summed E-state index contributed by atoms with van der Waals surface area (Å²) in [4.78, 5) is 8.06. The van der Waals surface area contributed by atoms with E-state index in [1.165, 1.54) is 30.5 Å². The van der Waals surface area contributed by atoms with Gasteiger partial charge in [0, 0.05) is 16.8 Å². The summed E-state index contributed by atoms with van der Waals surface area (Å²) >= 11 is 5.49. The molecular formula is C16H18N2OS. The SMILES string of the molecule is COc1cccc(-c2nc(=S)c3c([nH]2)CCCCC3)c1. The predicted molar refractivity (Wildman–Crippen MR) is 82.7 cm³/mol. The molecule has 1 aliphatic carbocycles. The molecule has 0 fully saturated rings. The number of H-pyrrole nitrogens is 1. The second-order valence-corrected chi connectivity index (χ2v) is 5.53. The maximum Gasteiger partial charge on any atom is 0.139 e. The topological polar surface area (TPSA) is 37.9 Å². The summed E-state index contributed by atoms with van der Waals surface area (Å²) in [6.45, 7) is 0. The van der Waals surface area contributed by atoms with Crippen LogP contribution in [-0.4, -0.2) is 17.1 Å². The number of methoxy groups -OCH3 is 1. The van der Waals surface area contributed by atoms with E-state index >= 15 is 0 Å². The number of aromatic amines is 1. The predicted octanol–water partition coefficient (Wildman–Crippen LogP) is 4.08. The van der Waals surface area contributed by atoms with Crippen molar-refractivity contribution < 1.29 is 4.74 Å². The molecule has 20 heavy (non-hydrogen) atoms. The number of aryl methyl sites for hydroxylation is 1. The highest BCUT2D eigenvalue weighted by Gasteiger charge is 2.13. The molecule has 1 N–H and O–H groups in total. The maximum atomic E-state index is 5.49. The summed E-state index contributed by atoms with van der Waals surface area (Å²) in [5.41, 5.74) is 3.52. The second-order valence-electron chi connectivity index (χ2n) is 5.14. The summed E-state index contributed by atoms with van der Waals surface area (Å²) in [6, 6.07) is 7.91. The fraction of sp³-hybridized carbons (Fsp3) is 0.375. The van der Waals surface area contributed by atoms with E-state index in [1.807, 2.05) is 24.3 Å². The lowest BCUT2D eigenvalue weighted by Crippen LogP contribution is -2.02. The number of rotatable bonds is 2. The van der Waals surface area contributed by atoms with Gasteiger partial charge in [-0.1, -0.05) is 30.8 Å². The zero-order chi connectivity index (χ0) is 13.9. The molecular weight excluding hydrogens is 268 g/mol. The van der Waals surface area contributed by atoms with Gasteiger partial charge in [0.2, 0.25) is 0 Å². The highest BCUT2D eigenvalue weighted by atomic mass is 32.1. The molecule has 0 amide bonds. The van der Waals surface area contributed by atoms with E-state index in [4.69, 9.17) is 17.0 Å². The van der Waals surface area contributed by atoms with Crippen molar-refractivity contribution in [2.24, 2.45) is 0 Å². The Morgan fingerprint density at radius 1 is 1.20 bits per heavy atom. The number of nitrogens with one attached hydrogen (secondary N) is 1. The number of benzene rings is 1. The van der Waals surface area contributed by atoms with Crippen molar-refractivity contribution in [3.63, 3.8) is 0 Å². The number of hydrogen-bond acceptors (Lipinski definition) is 3. The first-order valence-corrected chi connectivity index (χ1v) is 7.45. The molecule has 4 heteroatoms. The first-order valence-electron chi connectivity index (χ1n) is 7.04. The van der Waals surface area contributed by atoms with Crippen molar-refractivity contribution in [2.75, 3.05) is 7.11 Å². The van der Waals surface area contributed by atoms with Gasteiger partial charge in [-0.2, -0.15) is 0 Å². The fourth-order valence-corrected chi connectivity index (χ4v) is 3.02. The third-order valence-corrected chi connectivity index (χ3v) is 4.14. The van der Waals surface area contributed by atoms with E-state index in [0.717, 1.165) is 34.6 Å². The lowest BCUT2D eigenvalue weighted by Gasteiger charge is -2.10. The Balaban J connectivity index is 2.08. The molecule has 1 aliphatic rings. The Kier molecular flexibility index (Phi) is 3.83. The Hall–Kier alpha value is -1.68. The number of aromatic nitrogens is 2. The summed E-state index contributed by atoms with van der Waals surface area (Å²) in [5, 5.41) is 0. The van der Waals surface area contributed by atoms with E-state index in [1.54, 1.807) is 7.11 Å². The quantitative estimate of drug-likeness (QED) is 0.667. The molecule has 0 aliphatic heterocycles. The standard InChI is InChI=1S/C16H18N2OS/c1-19-12-7-5-6-11(10-12)15-17-14-9-4-2-3-8-13(14)16(20)18-15/h5-7,10H,2-4,8-9H2,1H3,(H,17,18,20). The number of hydrogen-bond donors (Lipinski definition) is 1. The van der Waals surface area contributed by atoms with E-state index in [2.05, 4.69) is 9.97 Å². The monoisotopic (exact) mass is 286 g/mol. The molecule has 0 radical (unpaired) electrons. The van der Waals surface area contributed by atoms with Crippen LogP contribution in [0.25, 0.3) is 11.4 Å². The Morgan fingerprint density at radius 3 is 2.90 bits per heavy atom. The molecule has 104 valence electrons. The molecule has 1 aromatic heterocycles. The molecule has 3 nitrogen and oxygen atoms in total. The van der Waals surface area contributed by atoms with Crippen LogP contribution in [0.1, 0.15) is 30.5 Å². The van der Waals surface area contributed by atoms with Crippen molar-refractivity contribution in [3.05, 3.63) is 40.2 Å². The lowest BCUT2D eigenvalue weighted by molar-refractivity contribution is 0.415. The summed E-state index contributed by atoms with van der Waals surface area (Å²) in [6.07, 6.45) is 5.82. The van der Waals surface area contributed by atoms with E-state index in [9.17, 15) is 0 Å². The van der Waals surface area contributed by atoms with Crippen LogP contribution in [0.5, 0.6) is 5.75 Å². The van der Waals surface area contributed by atoms with Gasteiger partial charge in [-0.15, -0.1) is 0 Å². The molecule has 0 unspecified atom stereocenters. The van der Waals surface area contributed by atoms with Gasteiger partial charge in [0.05, 0.1) is 7.11 Å². The van der Waals surface area contributed by atoms with Gasteiger partial charge >= 0.3 is 0 Å². The average molecular weight is 286 g/mol. The van der Waals surface area contributed by atoms with E-state index < -0.39 is 0 Å². The minimum Gasteiger partial charge on any atom is -0.497 e. The van der Waals surface area contributed by atoms with Gasteiger partial charge in [-0.05, 0) is 37.8 Å². The van der Waals surface area contributed by atoms with Crippen LogP contribution in [0.3, 0.4) is 0 Å². The zero-order valence-corrected chi connectivity index (χ0v) is 12.4. The van der Waals surface area contributed by atoms with E-state index in [-0.39, 0.29) is 0 Å². The lowest BCUT2D eigenvalue weighted by atomic mass is 10.1. The Bertz CT molecular complexity index is 678. The first-order chi connectivity index (χ1) is 9.78. The van der Waals surface area contributed by atoms with Crippen LogP contribution in [0, 0.1) is 4.64 Å². The summed E-state index contributed by atoms with van der Waals surface area (Å²) < 4.78 is 6.02. The van der Waals surface area contributed by atoms with Crippen LogP contribution < -0.4 is 4.74 Å². The van der Waals surface area contributed by atoms with Crippen LogP contribution in [-0.2, 0) is 12.8 Å². The summed E-state index contributed by atoms with van der Waals surface area (Å²) in [5.74, 6) is 1.67. The molecule has 0 saturated carbocycles. The molecule has 0 bridgehead atoms. The number of fused-ring (bicyclic) bond motifs is 1.